The average Bonchev–Trinajstić information content (AvgIpc) is 2.34. The Kier molecular flexibility index (Phi) is 4.68. The Hall–Kier alpha value is -1.66. The molecular formula is C13H16O3. The van der Waals surface area contributed by atoms with E-state index in [4.69, 9.17) is 15.9 Å². The molecule has 1 rings (SSSR count). The van der Waals surface area contributed by atoms with E-state index in [1.165, 1.54) is 0 Å². The van der Waals surface area contributed by atoms with Gasteiger partial charge in [0.25, 0.3) is 0 Å². The number of methoxy groups -OCH3 is 2. The molecule has 0 amide bonds. The monoisotopic (exact) mass is 220 g/mol. The molecule has 0 aliphatic heterocycles. The van der Waals surface area contributed by atoms with Crippen molar-refractivity contribution in [3.05, 3.63) is 23.8 Å². The van der Waals surface area contributed by atoms with Crippen LogP contribution in [0.4, 0.5) is 0 Å². The second-order valence-electron chi connectivity index (χ2n) is 3.37. The average molecular weight is 220 g/mol. The summed E-state index contributed by atoms with van der Waals surface area (Å²) in [6, 6.07) is 5.32. The van der Waals surface area contributed by atoms with Gasteiger partial charge in [-0.25, -0.2) is 0 Å². The van der Waals surface area contributed by atoms with Gasteiger partial charge in [0.1, 0.15) is 11.5 Å². The van der Waals surface area contributed by atoms with Gasteiger partial charge in [-0.15, -0.1) is 12.3 Å². The highest BCUT2D eigenvalue weighted by molar-refractivity contribution is 5.41. The summed E-state index contributed by atoms with van der Waals surface area (Å²) in [5.74, 6) is 3.82. The SMILES string of the molecule is C#CCCC(O)c1ccc(OC)cc1OC. The Balaban J connectivity index is 2.90. The number of aliphatic hydroxyl groups excluding tert-OH is 1. The van der Waals surface area contributed by atoms with E-state index in [-0.39, 0.29) is 0 Å². The topological polar surface area (TPSA) is 38.7 Å². The molecule has 0 aliphatic carbocycles. The van der Waals surface area contributed by atoms with Crippen LogP contribution in [0.3, 0.4) is 0 Å². The molecule has 3 heteroatoms. The summed E-state index contributed by atoms with van der Waals surface area (Å²) < 4.78 is 10.3. The maximum Gasteiger partial charge on any atom is 0.128 e. The van der Waals surface area contributed by atoms with E-state index in [2.05, 4.69) is 5.92 Å². The maximum atomic E-state index is 9.91. The van der Waals surface area contributed by atoms with E-state index in [1.807, 2.05) is 0 Å². The van der Waals surface area contributed by atoms with Crippen molar-refractivity contribution in [2.45, 2.75) is 18.9 Å². The van der Waals surface area contributed by atoms with Gasteiger partial charge in [-0.2, -0.15) is 0 Å². The molecule has 1 N–H and O–H groups in total. The highest BCUT2D eigenvalue weighted by atomic mass is 16.5. The van der Waals surface area contributed by atoms with Gasteiger partial charge >= 0.3 is 0 Å². The summed E-state index contributed by atoms with van der Waals surface area (Å²) in [6.07, 6.45) is 5.62. The molecule has 0 aromatic heterocycles. The first-order valence-electron chi connectivity index (χ1n) is 5.06. The van der Waals surface area contributed by atoms with Crippen molar-refractivity contribution in [2.75, 3.05) is 14.2 Å². The van der Waals surface area contributed by atoms with Gasteiger partial charge in [-0.1, -0.05) is 0 Å². The van der Waals surface area contributed by atoms with Crippen LogP contribution in [0.5, 0.6) is 11.5 Å². The molecule has 0 spiro atoms. The van der Waals surface area contributed by atoms with Crippen LogP contribution in [0.15, 0.2) is 18.2 Å². The number of benzene rings is 1. The normalized spacial score (nSPS) is 11.6. The molecule has 1 aromatic rings. The van der Waals surface area contributed by atoms with Crippen molar-refractivity contribution in [2.24, 2.45) is 0 Å². The fourth-order valence-electron chi connectivity index (χ4n) is 1.47. The number of aliphatic hydroxyl groups is 1. The maximum absolute atomic E-state index is 9.91. The van der Waals surface area contributed by atoms with Crippen LogP contribution in [0.1, 0.15) is 24.5 Å². The van der Waals surface area contributed by atoms with E-state index in [1.54, 1.807) is 32.4 Å². The van der Waals surface area contributed by atoms with Crippen molar-refractivity contribution in [3.63, 3.8) is 0 Å². The lowest BCUT2D eigenvalue weighted by molar-refractivity contribution is 0.165. The van der Waals surface area contributed by atoms with E-state index >= 15 is 0 Å². The van der Waals surface area contributed by atoms with Gasteiger partial charge in [-0.3, -0.25) is 0 Å². The van der Waals surface area contributed by atoms with E-state index < -0.39 is 6.10 Å². The summed E-state index contributed by atoms with van der Waals surface area (Å²) in [5.41, 5.74) is 0.735. The molecule has 1 aromatic carbocycles. The Labute approximate surface area is 96.0 Å². The van der Waals surface area contributed by atoms with Crippen LogP contribution in [-0.2, 0) is 0 Å². The smallest absolute Gasteiger partial charge is 0.128 e. The Morgan fingerprint density at radius 2 is 2.12 bits per heavy atom. The van der Waals surface area contributed by atoms with Crippen LogP contribution in [-0.4, -0.2) is 19.3 Å². The Bertz CT molecular complexity index is 379. The molecule has 0 bridgehead atoms. The van der Waals surface area contributed by atoms with Crippen LogP contribution in [0.2, 0.25) is 0 Å². The summed E-state index contributed by atoms with van der Waals surface area (Å²) in [7, 11) is 3.15. The van der Waals surface area contributed by atoms with Gasteiger partial charge in [-0.05, 0) is 18.6 Å². The summed E-state index contributed by atoms with van der Waals surface area (Å²) in [5, 5.41) is 9.91. The second-order valence-corrected chi connectivity index (χ2v) is 3.37. The molecule has 0 saturated heterocycles. The lowest BCUT2D eigenvalue weighted by Crippen LogP contribution is -2.00. The number of rotatable bonds is 5. The van der Waals surface area contributed by atoms with Crippen molar-refractivity contribution in [1.29, 1.82) is 0 Å². The zero-order valence-electron chi connectivity index (χ0n) is 9.56. The number of terminal acetylenes is 1. The van der Waals surface area contributed by atoms with Crippen molar-refractivity contribution in [1.82, 2.24) is 0 Å². The van der Waals surface area contributed by atoms with Crippen LogP contribution >= 0.6 is 0 Å². The van der Waals surface area contributed by atoms with Crippen molar-refractivity contribution in [3.8, 4) is 23.8 Å². The summed E-state index contributed by atoms with van der Waals surface area (Å²) in [6.45, 7) is 0. The van der Waals surface area contributed by atoms with Gasteiger partial charge in [0.05, 0.1) is 20.3 Å². The molecule has 1 unspecified atom stereocenters. The quantitative estimate of drug-likeness (QED) is 0.773. The molecule has 0 aliphatic rings. The van der Waals surface area contributed by atoms with Gasteiger partial charge in [0.15, 0.2) is 0 Å². The Morgan fingerprint density at radius 3 is 2.69 bits per heavy atom. The molecule has 0 fully saturated rings. The van der Waals surface area contributed by atoms with Gasteiger partial charge in [0, 0.05) is 18.1 Å². The number of hydrogen-bond acceptors (Lipinski definition) is 3. The van der Waals surface area contributed by atoms with Crippen LogP contribution in [0.25, 0.3) is 0 Å². The second kappa shape index (κ2) is 6.04. The largest absolute Gasteiger partial charge is 0.497 e. The van der Waals surface area contributed by atoms with Crippen LogP contribution < -0.4 is 9.47 Å². The fourth-order valence-corrected chi connectivity index (χ4v) is 1.47. The van der Waals surface area contributed by atoms with Gasteiger partial charge in [0.2, 0.25) is 0 Å². The minimum absolute atomic E-state index is 0.527. The fraction of sp³-hybridized carbons (Fsp3) is 0.385. The van der Waals surface area contributed by atoms with Crippen molar-refractivity contribution < 1.29 is 14.6 Å². The first kappa shape index (κ1) is 12.4. The molecular weight excluding hydrogens is 204 g/mol. The Morgan fingerprint density at radius 1 is 1.38 bits per heavy atom. The highest BCUT2D eigenvalue weighted by Gasteiger charge is 2.13. The lowest BCUT2D eigenvalue weighted by Gasteiger charge is -2.14. The molecule has 3 nitrogen and oxygen atoms in total. The molecule has 1 atom stereocenters. The molecule has 16 heavy (non-hydrogen) atoms. The predicted molar refractivity (Wildman–Crippen MR) is 62.6 cm³/mol. The minimum Gasteiger partial charge on any atom is -0.497 e. The standard InChI is InChI=1S/C13H16O3/c1-4-5-6-12(14)11-8-7-10(15-2)9-13(11)16-3/h1,7-9,12,14H,5-6H2,2-3H3. The molecule has 0 saturated carbocycles. The third-order valence-electron chi connectivity index (χ3n) is 2.36. The van der Waals surface area contributed by atoms with Crippen molar-refractivity contribution >= 4 is 0 Å². The number of ether oxygens (including phenoxy) is 2. The third kappa shape index (κ3) is 2.91. The zero-order valence-corrected chi connectivity index (χ0v) is 9.56. The third-order valence-corrected chi connectivity index (χ3v) is 2.36. The summed E-state index contributed by atoms with van der Waals surface area (Å²) >= 11 is 0. The highest BCUT2D eigenvalue weighted by Crippen LogP contribution is 2.31. The minimum atomic E-state index is -0.600. The van der Waals surface area contributed by atoms with E-state index in [0.29, 0.717) is 24.3 Å². The molecule has 86 valence electrons. The van der Waals surface area contributed by atoms with Crippen LogP contribution in [0, 0.1) is 12.3 Å². The van der Waals surface area contributed by atoms with E-state index in [9.17, 15) is 5.11 Å². The first-order valence-corrected chi connectivity index (χ1v) is 5.06. The number of hydrogen-bond donors (Lipinski definition) is 1. The summed E-state index contributed by atoms with van der Waals surface area (Å²) in [4.78, 5) is 0. The first-order chi connectivity index (χ1) is 7.72. The molecule has 0 radical (unpaired) electrons. The zero-order chi connectivity index (χ0) is 12.0. The predicted octanol–water partition coefficient (Wildman–Crippen LogP) is 2.15. The lowest BCUT2D eigenvalue weighted by atomic mass is 10.0. The molecule has 0 heterocycles. The van der Waals surface area contributed by atoms with Gasteiger partial charge < -0.3 is 14.6 Å². The van der Waals surface area contributed by atoms with E-state index in [0.717, 1.165) is 5.56 Å².